The first kappa shape index (κ1) is 27.5. The van der Waals surface area contributed by atoms with Gasteiger partial charge in [-0.3, -0.25) is 9.59 Å². The first-order chi connectivity index (χ1) is 18.1. The molecule has 0 unspecified atom stereocenters. The second-order valence-electron chi connectivity index (χ2n) is 8.17. The normalized spacial score (nSPS) is 10.4. The van der Waals surface area contributed by atoms with Crippen molar-refractivity contribution in [1.82, 2.24) is 20.4 Å². The molecule has 2 aromatic heterocycles. The van der Waals surface area contributed by atoms with Gasteiger partial charge in [0.1, 0.15) is 10.8 Å². The van der Waals surface area contributed by atoms with Crippen molar-refractivity contribution in [2.24, 2.45) is 0 Å². The lowest BCUT2D eigenvalue weighted by Crippen LogP contribution is -2.16. The van der Waals surface area contributed by atoms with Crippen molar-refractivity contribution in [3.05, 3.63) is 65.3 Å². The van der Waals surface area contributed by atoms with Gasteiger partial charge in [0.15, 0.2) is 5.82 Å². The van der Waals surface area contributed by atoms with Crippen LogP contribution >= 0.6 is 11.3 Å². The van der Waals surface area contributed by atoms with Crippen LogP contribution in [0.1, 0.15) is 48.4 Å². The van der Waals surface area contributed by atoms with E-state index in [0.29, 0.717) is 24.0 Å². The number of aromatic nitrogens is 4. The molecular weight excluding hydrogens is 488 g/mol. The van der Waals surface area contributed by atoms with Gasteiger partial charge in [0.2, 0.25) is 16.9 Å². The standard InChI is InChI=1S/C27H30N6O3S/c1-3-5-13-24(34)29-27-33-32-26(37-27)14-8-7-11-21-15-16-23(31-30-21)28-25(35)19-20-10-9-12-22(18-20)36-17-6-4-2/h1,4,9-10,12,15-16,18H,2,5-8,11,13-14,17,19H2,(H,28,31,35)(H,29,33,34). The van der Waals surface area contributed by atoms with E-state index in [4.69, 9.17) is 11.2 Å². The highest BCUT2D eigenvalue weighted by atomic mass is 32.1. The summed E-state index contributed by atoms with van der Waals surface area (Å²) in [6.07, 6.45) is 11.9. The van der Waals surface area contributed by atoms with Crippen molar-refractivity contribution in [2.45, 2.75) is 51.4 Å². The maximum absolute atomic E-state index is 12.4. The van der Waals surface area contributed by atoms with Gasteiger partial charge in [-0.15, -0.1) is 34.2 Å². The summed E-state index contributed by atoms with van der Waals surface area (Å²) in [7, 11) is 0. The number of terminal acetylenes is 1. The van der Waals surface area contributed by atoms with Gasteiger partial charge >= 0.3 is 0 Å². The number of amides is 2. The van der Waals surface area contributed by atoms with Crippen molar-refractivity contribution < 1.29 is 14.3 Å². The number of anilines is 2. The quantitative estimate of drug-likeness (QED) is 0.174. The third-order valence-electron chi connectivity index (χ3n) is 5.12. The summed E-state index contributed by atoms with van der Waals surface area (Å²) in [5.74, 6) is 3.25. The molecule has 0 bridgehead atoms. The maximum Gasteiger partial charge on any atom is 0.229 e. The Morgan fingerprint density at radius 1 is 1.05 bits per heavy atom. The predicted octanol–water partition coefficient (Wildman–Crippen LogP) is 4.38. The van der Waals surface area contributed by atoms with Gasteiger partial charge in [0, 0.05) is 19.3 Å². The molecule has 9 nitrogen and oxygen atoms in total. The van der Waals surface area contributed by atoms with Crippen LogP contribution in [0.4, 0.5) is 10.9 Å². The molecule has 37 heavy (non-hydrogen) atoms. The fraction of sp³-hybridized carbons (Fsp3) is 0.333. The number of benzene rings is 1. The third-order valence-corrected chi connectivity index (χ3v) is 6.02. The molecule has 0 saturated heterocycles. The Morgan fingerprint density at radius 3 is 2.70 bits per heavy atom. The molecule has 2 N–H and O–H groups in total. The number of nitrogens with one attached hydrogen (secondary N) is 2. The Morgan fingerprint density at radius 2 is 1.92 bits per heavy atom. The molecule has 0 aliphatic heterocycles. The molecule has 3 rings (SSSR count). The van der Waals surface area contributed by atoms with Crippen LogP contribution in [0.25, 0.3) is 0 Å². The van der Waals surface area contributed by atoms with E-state index >= 15 is 0 Å². The van der Waals surface area contributed by atoms with E-state index in [1.54, 1.807) is 12.1 Å². The second kappa shape index (κ2) is 15.1. The zero-order valence-electron chi connectivity index (χ0n) is 20.6. The van der Waals surface area contributed by atoms with E-state index in [1.807, 2.05) is 30.3 Å². The maximum atomic E-state index is 12.4. The molecular formula is C27H30N6O3S. The number of unbranched alkanes of at least 4 members (excludes halogenated alkanes) is 1. The van der Waals surface area contributed by atoms with E-state index in [9.17, 15) is 9.59 Å². The van der Waals surface area contributed by atoms with Crippen LogP contribution in [0.3, 0.4) is 0 Å². The molecule has 0 fully saturated rings. The largest absolute Gasteiger partial charge is 0.493 e. The summed E-state index contributed by atoms with van der Waals surface area (Å²) in [6.45, 7) is 4.23. The molecule has 0 atom stereocenters. The highest BCUT2D eigenvalue weighted by Gasteiger charge is 2.09. The molecule has 0 spiro atoms. The van der Waals surface area contributed by atoms with Crippen LogP contribution in [0, 0.1) is 12.3 Å². The molecule has 3 aromatic rings. The van der Waals surface area contributed by atoms with E-state index in [0.717, 1.165) is 54.1 Å². The van der Waals surface area contributed by atoms with E-state index in [2.05, 4.69) is 43.5 Å². The molecule has 1 aromatic carbocycles. The zero-order valence-corrected chi connectivity index (χ0v) is 21.4. The van der Waals surface area contributed by atoms with Crippen LogP contribution in [0.5, 0.6) is 5.75 Å². The number of carbonyl (C=O) groups is 2. The lowest BCUT2D eigenvalue weighted by molar-refractivity contribution is -0.116. The van der Waals surface area contributed by atoms with Crippen molar-refractivity contribution in [2.75, 3.05) is 17.2 Å². The molecule has 10 heteroatoms. The minimum atomic E-state index is -0.172. The average Bonchev–Trinajstić information content (AvgIpc) is 3.33. The van der Waals surface area contributed by atoms with Gasteiger partial charge < -0.3 is 15.4 Å². The molecule has 0 aliphatic carbocycles. The lowest BCUT2D eigenvalue weighted by atomic mass is 10.1. The molecule has 192 valence electrons. The van der Waals surface area contributed by atoms with Crippen LogP contribution in [0.2, 0.25) is 0 Å². The average molecular weight is 519 g/mol. The summed E-state index contributed by atoms with van der Waals surface area (Å²) in [5.41, 5.74) is 1.70. The number of nitrogens with zero attached hydrogens (tertiary/aromatic N) is 4. The third kappa shape index (κ3) is 10.2. The Labute approximate surface area is 220 Å². The van der Waals surface area contributed by atoms with Crippen LogP contribution in [-0.2, 0) is 28.9 Å². The minimum absolute atomic E-state index is 0.155. The van der Waals surface area contributed by atoms with Crippen molar-refractivity contribution >= 4 is 34.1 Å². The minimum Gasteiger partial charge on any atom is -0.493 e. The molecule has 2 amide bonds. The van der Waals surface area contributed by atoms with Gasteiger partial charge in [-0.25, -0.2) is 0 Å². The monoisotopic (exact) mass is 518 g/mol. The smallest absolute Gasteiger partial charge is 0.229 e. The summed E-state index contributed by atoms with van der Waals surface area (Å²) in [4.78, 5) is 24.1. The van der Waals surface area contributed by atoms with Crippen LogP contribution < -0.4 is 15.4 Å². The van der Waals surface area contributed by atoms with E-state index in [-0.39, 0.29) is 24.7 Å². The van der Waals surface area contributed by atoms with Crippen LogP contribution in [0.15, 0.2) is 49.1 Å². The first-order valence-electron chi connectivity index (χ1n) is 12.1. The van der Waals surface area contributed by atoms with E-state index < -0.39 is 0 Å². The molecule has 0 aliphatic rings. The van der Waals surface area contributed by atoms with Gasteiger partial charge in [0.05, 0.1) is 18.7 Å². The molecule has 2 heterocycles. The Hall–Kier alpha value is -4.10. The van der Waals surface area contributed by atoms with Gasteiger partial charge in [-0.2, -0.15) is 5.10 Å². The number of carbonyl (C=O) groups excluding carboxylic acids is 2. The summed E-state index contributed by atoms with van der Waals surface area (Å²) < 4.78 is 5.64. The lowest BCUT2D eigenvalue weighted by Gasteiger charge is -2.08. The van der Waals surface area contributed by atoms with Gasteiger partial charge in [-0.05, 0) is 55.5 Å². The van der Waals surface area contributed by atoms with E-state index in [1.165, 1.54) is 11.3 Å². The first-order valence-corrected chi connectivity index (χ1v) is 12.9. The predicted molar refractivity (Wildman–Crippen MR) is 144 cm³/mol. The summed E-state index contributed by atoms with van der Waals surface area (Å²) in [6, 6.07) is 11.1. The van der Waals surface area contributed by atoms with Crippen LogP contribution in [-0.4, -0.2) is 38.8 Å². The fourth-order valence-electron chi connectivity index (χ4n) is 3.29. The Balaban J connectivity index is 1.36. The zero-order chi connectivity index (χ0) is 26.3. The van der Waals surface area contributed by atoms with Crippen molar-refractivity contribution in [1.29, 1.82) is 0 Å². The Kier molecular flexibility index (Phi) is 11.2. The molecule has 0 saturated carbocycles. The number of aryl methyl sites for hydroxylation is 2. The topological polar surface area (TPSA) is 119 Å². The number of hydrogen-bond acceptors (Lipinski definition) is 8. The van der Waals surface area contributed by atoms with Crippen molar-refractivity contribution in [3.8, 4) is 18.1 Å². The summed E-state index contributed by atoms with van der Waals surface area (Å²) >= 11 is 1.37. The fourth-order valence-corrected chi connectivity index (χ4v) is 4.09. The van der Waals surface area contributed by atoms with Gasteiger partial charge in [0.25, 0.3) is 0 Å². The SMILES string of the molecule is C#CCCC(=O)Nc1nnc(CCCCc2ccc(NC(=O)Cc3cccc(OCCC=C)c3)nn2)s1. The van der Waals surface area contributed by atoms with Crippen molar-refractivity contribution in [3.63, 3.8) is 0 Å². The van der Waals surface area contributed by atoms with Gasteiger partial charge in [-0.1, -0.05) is 29.5 Å². The molecule has 0 radical (unpaired) electrons. The number of ether oxygens (including phenoxy) is 1. The summed E-state index contributed by atoms with van der Waals surface area (Å²) in [5, 5.41) is 23.3. The number of rotatable bonds is 15. The highest BCUT2D eigenvalue weighted by Crippen LogP contribution is 2.18. The highest BCUT2D eigenvalue weighted by molar-refractivity contribution is 7.15. The Bertz CT molecular complexity index is 1220. The second-order valence-corrected chi connectivity index (χ2v) is 9.23. The number of hydrogen-bond donors (Lipinski definition) is 2.